The van der Waals surface area contributed by atoms with Crippen LogP contribution in [-0.4, -0.2) is 16.5 Å². The Kier molecular flexibility index (Phi) is 3.50. The van der Waals surface area contributed by atoms with Gasteiger partial charge in [0.2, 0.25) is 0 Å². The van der Waals surface area contributed by atoms with Gasteiger partial charge < -0.3 is 0 Å². The van der Waals surface area contributed by atoms with Gasteiger partial charge >= 0.3 is 0 Å². The summed E-state index contributed by atoms with van der Waals surface area (Å²) in [4.78, 5) is 4.06. The van der Waals surface area contributed by atoms with E-state index < -0.39 is 0 Å². The maximum Gasteiger partial charge on any atom is 0.146 e. The van der Waals surface area contributed by atoms with Crippen molar-refractivity contribution in [1.29, 1.82) is 5.26 Å². The average molecular weight is 239 g/mol. The summed E-state index contributed by atoms with van der Waals surface area (Å²) in [5.74, 6) is 2.93. The predicted molar refractivity (Wildman–Crippen MR) is 63.3 cm³/mol. The second-order valence-corrected chi connectivity index (χ2v) is 5.14. The molecule has 0 aliphatic carbocycles. The van der Waals surface area contributed by atoms with Gasteiger partial charge in [-0.05, 0) is 36.1 Å². The molecule has 1 aromatic heterocycles. The average Bonchev–Trinajstić information content (AvgIpc) is 2.31. The Morgan fingerprint density at radius 3 is 3.13 bits per heavy atom. The van der Waals surface area contributed by atoms with Gasteiger partial charge in [-0.25, -0.2) is 4.98 Å². The second kappa shape index (κ2) is 4.87. The molecule has 0 bridgehead atoms. The van der Waals surface area contributed by atoms with Crippen molar-refractivity contribution in [2.24, 2.45) is 0 Å². The maximum atomic E-state index is 8.86. The zero-order valence-corrected chi connectivity index (χ0v) is 9.81. The van der Waals surface area contributed by atoms with E-state index >= 15 is 0 Å². The van der Waals surface area contributed by atoms with Crippen LogP contribution in [0.25, 0.3) is 0 Å². The molecular weight excluding hydrogens is 228 g/mol. The first-order valence-corrected chi connectivity index (χ1v) is 6.48. The molecule has 15 heavy (non-hydrogen) atoms. The van der Waals surface area contributed by atoms with Crippen molar-refractivity contribution in [1.82, 2.24) is 4.98 Å². The largest absolute Gasteiger partial charge is 0.243 e. The minimum atomic E-state index is 0.310. The van der Waals surface area contributed by atoms with Crippen LogP contribution in [0.4, 0.5) is 0 Å². The summed E-state index contributed by atoms with van der Waals surface area (Å²) < 4.78 is 0. The lowest BCUT2D eigenvalue weighted by atomic mass is 9.96. The first-order valence-electron chi connectivity index (χ1n) is 4.94. The Balaban J connectivity index is 2.25. The van der Waals surface area contributed by atoms with Crippen molar-refractivity contribution in [2.75, 3.05) is 11.5 Å². The zero-order valence-electron chi connectivity index (χ0n) is 8.24. The lowest BCUT2D eigenvalue weighted by Gasteiger charge is -2.21. The highest BCUT2D eigenvalue weighted by Crippen LogP contribution is 2.31. The molecule has 1 aliphatic rings. The van der Waals surface area contributed by atoms with Crippen molar-refractivity contribution < 1.29 is 0 Å². The van der Waals surface area contributed by atoms with Gasteiger partial charge in [0, 0.05) is 11.9 Å². The molecule has 78 valence electrons. The molecule has 0 N–H and O–H groups in total. The van der Waals surface area contributed by atoms with E-state index in [0.717, 1.165) is 11.3 Å². The summed E-state index contributed by atoms with van der Waals surface area (Å²) in [6.07, 6.45) is 4.25. The molecule has 2 heterocycles. The Morgan fingerprint density at radius 1 is 1.60 bits per heavy atom. The van der Waals surface area contributed by atoms with Gasteiger partial charge in [0.25, 0.3) is 0 Å². The molecule has 2 rings (SSSR count). The number of rotatable bonds is 1. The predicted octanol–water partition coefficient (Wildman–Crippen LogP) is 3.22. The quantitative estimate of drug-likeness (QED) is 0.705. The summed E-state index contributed by atoms with van der Waals surface area (Å²) in [6, 6.07) is 3.95. The van der Waals surface area contributed by atoms with Crippen LogP contribution >= 0.6 is 23.4 Å². The molecule has 1 aliphatic heterocycles. The van der Waals surface area contributed by atoms with Crippen LogP contribution in [-0.2, 0) is 0 Å². The minimum absolute atomic E-state index is 0.310. The van der Waals surface area contributed by atoms with E-state index in [4.69, 9.17) is 16.9 Å². The van der Waals surface area contributed by atoms with E-state index in [1.165, 1.54) is 18.6 Å². The summed E-state index contributed by atoms with van der Waals surface area (Å²) in [6.45, 7) is 0. The number of nitrogens with zero attached hydrogens (tertiary/aromatic N) is 2. The highest BCUT2D eigenvalue weighted by atomic mass is 35.5. The lowest BCUT2D eigenvalue weighted by molar-refractivity contribution is 0.657. The standard InChI is InChI=1S/C11H11ClN2S/c12-11-9(5-13)4-10(6-14-11)8-2-1-3-15-7-8/h4,6,8H,1-3,7H2. The van der Waals surface area contributed by atoms with E-state index in [-0.39, 0.29) is 0 Å². The third-order valence-corrected chi connectivity index (χ3v) is 4.13. The first-order chi connectivity index (χ1) is 7.31. The highest BCUT2D eigenvalue weighted by Gasteiger charge is 2.17. The van der Waals surface area contributed by atoms with Crippen LogP contribution in [0.2, 0.25) is 5.15 Å². The van der Waals surface area contributed by atoms with Gasteiger partial charge in [0.05, 0.1) is 5.56 Å². The molecule has 0 spiro atoms. The molecule has 0 saturated carbocycles. The molecule has 2 nitrogen and oxygen atoms in total. The summed E-state index contributed by atoms with van der Waals surface area (Å²) in [5, 5.41) is 9.17. The van der Waals surface area contributed by atoms with Crippen molar-refractivity contribution in [3.8, 4) is 6.07 Å². The fourth-order valence-electron chi connectivity index (χ4n) is 1.77. The fraction of sp³-hybridized carbons (Fsp3) is 0.455. The molecule has 0 aromatic carbocycles. The van der Waals surface area contributed by atoms with Crippen LogP contribution in [0.5, 0.6) is 0 Å². The topological polar surface area (TPSA) is 36.7 Å². The number of nitriles is 1. The molecular formula is C11H11ClN2S. The van der Waals surface area contributed by atoms with E-state index in [9.17, 15) is 0 Å². The second-order valence-electron chi connectivity index (χ2n) is 3.63. The minimum Gasteiger partial charge on any atom is -0.243 e. The first kappa shape index (κ1) is 10.8. The maximum absolute atomic E-state index is 8.86. The number of pyridine rings is 1. The summed E-state index contributed by atoms with van der Waals surface area (Å²) in [7, 11) is 0. The third-order valence-electron chi connectivity index (χ3n) is 2.61. The number of hydrogen-bond acceptors (Lipinski definition) is 3. The molecule has 1 fully saturated rings. The Morgan fingerprint density at radius 2 is 2.47 bits per heavy atom. The van der Waals surface area contributed by atoms with Gasteiger partial charge in [0.15, 0.2) is 0 Å². The smallest absolute Gasteiger partial charge is 0.146 e. The molecule has 0 amide bonds. The number of hydrogen-bond donors (Lipinski definition) is 0. The fourth-order valence-corrected chi connectivity index (χ4v) is 3.10. The number of aromatic nitrogens is 1. The van der Waals surface area contributed by atoms with Crippen molar-refractivity contribution >= 4 is 23.4 Å². The SMILES string of the molecule is N#Cc1cc(C2CCCSC2)cnc1Cl. The van der Waals surface area contributed by atoms with Crippen LogP contribution in [0.15, 0.2) is 12.3 Å². The molecule has 0 radical (unpaired) electrons. The van der Waals surface area contributed by atoms with Gasteiger partial charge in [-0.2, -0.15) is 17.0 Å². The van der Waals surface area contributed by atoms with Crippen LogP contribution in [0.1, 0.15) is 29.9 Å². The Labute approximate surface area is 98.7 Å². The van der Waals surface area contributed by atoms with Crippen LogP contribution in [0, 0.1) is 11.3 Å². The molecule has 1 aromatic rings. The van der Waals surface area contributed by atoms with E-state index in [1.807, 2.05) is 17.8 Å². The van der Waals surface area contributed by atoms with E-state index in [0.29, 0.717) is 16.6 Å². The van der Waals surface area contributed by atoms with E-state index in [2.05, 4.69) is 11.1 Å². The molecule has 4 heteroatoms. The number of halogens is 1. The van der Waals surface area contributed by atoms with E-state index in [1.54, 1.807) is 6.20 Å². The monoisotopic (exact) mass is 238 g/mol. The van der Waals surface area contributed by atoms with Gasteiger partial charge in [-0.15, -0.1) is 0 Å². The van der Waals surface area contributed by atoms with Crippen LogP contribution in [0.3, 0.4) is 0 Å². The highest BCUT2D eigenvalue weighted by molar-refractivity contribution is 7.99. The van der Waals surface area contributed by atoms with Gasteiger partial charge in [-0.3, -0.25) is 0 Å². The van der Waals surface area contributed by atoms with Gasteiger partial charge in [-0.1, -0.05) is 11.6 Å². The lowest BCUT2D eigenvalue weighted by Crippen LogP contribution is -2.09. The Hall–Kier alpha value is -0.720. The van der Waals surface area contributed by atoms with Crippen molar-refractivity contribution in [3.05, 3.63) is 28.5 Å². The number of thioether (sulfide) groups is 1. The summed E-state index contributed by atoms with van der Waals surface area (Å²) in [5.41, 5.74) is 1.65. The zero-order chi connectivity index (χ0) is 10.7. The molecule has 1 saturated heterocycles. The molecule has 1 atom stereocenters. The van der Waals surface area contributed by atoms with Crippen molar-refractivity contribution in [2.45, 2.75) is 18.8 Å². The van der Waals surface area contributed by atoms with Crippen molar-refractivity contribution in [3.63, 3.8) is 0 Å². The van der Waals surface area contributed by atoms with Crippen LogP contribution < -0.4 is 0 Å². The normalized spacial score (nSPS) is 20.9. The third kappa shape index (κ3) is 2.45. The summed E-state index contributed by atoms with van der Waals surface area (Å²) >= 11 is 7.77. The molecule has 1 unspecified atom stereocenters. The van der Waals surface area contributed by atoms with Gasteiger partial charge in [0.1, 0.15) is 11.2 Å². The Bertz CT molecular complexity index is 394.